The number of methoxy groups -OCH3 is 1. The Balaban J connectivity index is 1.71. The highest BCUT2D eigenvalue weighted by atomic mass is 16.5. The van der Waals surface area contributed by atoms with Gasteiger partial charge in [-0.1, -0.05) is 5.21 Å². The van der Waals surface area contributed by atoms with Crippen LogP contribution in [0.25, 0.3) is 0 Å². The van der Waals surface area contributed by atoms with Gasteiger partial charge in [-0.05, 0) is 5.92 Å². The zero-order valence-electron chi connectivity index (χ0n) is 14.6. The fourth-order valence-electron chi connectivity index (χ4n) is 3.48. The van der Waals surface area contributed by atoms with Gasteiger partial charge in [-0.3, -0.25) is 14.4 Å². The smallest absolute Gasteiger partial charge is 0.303 e. The van der Waals surface area contributed by atoms with Gasteiger partial charge < -0.3 is 14.4 Å². The van der Waals surface area contributed by atoms with Crippen molar-refractivity contribution in [3.05, 3.63) is 30.1 Å². The van der Waals surface area contributed by atoms with Gasteiger partial charge in [-0.25, -0.2) is 4.98 Å². The largest absolute Gasteiger partial charge is 0.481 e. The molecule has 9 heteroatoms. The Hall–Kier alpha value is -2.26. The molecule has 2 aromatic rings. The molecule has 3 rings (SSSR count). The summed E-state index contributed by atoms with van der Waals surface area (Å²) >= 11 is 0. The summed E-state index contributed by atoms with van der Waals surface area (Å²) in [6.45, 7) is 3.54. The van der Waals surface area contributed by atoms with E-state index in [9.17, 15) is 9.90 Å². The maximum Gasteiger partial charge on any atom is 0.303 e. The summed E-state index contributed by atoms with van der Waals surface area (Å²) in [5, 5.41) is 17.4. The zero-order chi connectivity index (χ0) is 17.8. The summed E-state index contributed by atoms with van der Waals surface area (Å²) in [6, 6.07) is 0. The molecule has 0 bridgehead atoms. The molecule has 1 fully saturated rings. The van der Waals surface area contributed by atoms with Crippen molar-refractivity contribution in [1.82, 2.24) is 29.4 Å². The summed E-state index contributed by atoms with van der Waals surface area (Å²) in [5.41, 5.74) is 0.860. The number of hydrogen-bond donors (Lipinski definition) is 1. The van der Waals surface area contributed by atoms with Crippen molar-refractivity contribution in [2.24, 2.45) is 13.0 Å². The van der Waals surface area contributed by atoms with E-state index in [1.165, 1.54) is 0 Å². The Labute approximate surface area is 146 Å². The lowest BCUT2D eigenvalue weighted by Crippen LogP contribution is -2.23. The minimum absolute atomic E-state index is 0.0246. The molecule has 1 aliphatic heterocycles. The van der Waals surface area contributed by atoms with Crippen molar-refractivity contribution in [2.45, 2.75) is 25.4 Å². The summed E-state index contributed by atoms with van der Waals surface area (Å²) in [5.74, 6) is 0.289. The van der Waals surface area contributed by atoms with E-state index in [-0.39, 0.29) is 18.3 Å². The van der Waals surface area contributed by atoms with Crippen LogP contribution in [0.1, 0.15) is 23.9 Å². The molecule has 3 heterocycles. The number of likely N-dealkylation sites (tertiary alicyclic amines) is 1. The average Bonchev–Trinajstić information content (AvgIpc) is 3.26. The Morgan fingerprint density at radius 1 is 1.44 bits per heavy atom. The minimum Gasteiger partial charge on any atom is -0.481 e. The maximum absolute atomic E-state index is 11.2. The molecule has 0 radical (unpaired) electrons. The number of carbonyl (C=O) groups is 1. The number of ether oxygens (including phenoxy) is 1. The molecular formula is C16H24N6O3. The molecule has 1 aliphatic rings. The molecule has 1 saturated heterocycles. The van der Waals surface area contributed by atoms with Crippen molar-refractivity contribution in [3.8, 4) is 0 Å². The highest BCUT2D eigenvalue weighted by Gasteiger charge is 2.37. The number of rotatable bonds is 8. The molecule has 0 amide bonds. The van der Waals surface area contributed by atoms with Gasteiger partial charge in [0.15, 0.2) is 0 Å². The molecule has 2 aromatic heterocycles. The van der Waals surface area contributed by atoms with E-state index in [1.807, 2.05) is 19.4 Å². The fraction of sp³-hybridized carbons (Fsp3) is 0.625. The van der Waals surface area contributed by atoms with E-state index < -0.39 is 5.97 Å². The molecule has 9 nitrogen and oxygen atoms in total. The standard InChI is InChI=1S/C16H24N6O3/c1-20-10-14(18-19-20)13-9-21(8-12(13)7-16(23)24)11-15-17-3-4-22(15)5-6-25-2/h3-4,10,12-13H,5-9,11H2,1-2H3,(H,23,24)/t12-,13+/m0/s1. The van der Waals surface area contributed by atoms with Crippen molar-refractivity contribution in [2.75, 3.05) is 26.8 Å². The van der Waals surface area contributed by atoms with Gasteiger partial charge in [-0.2, -0.15) is 0 Å². The van der Waals surface area contributed by atoms with Crippen LogP contribution in [0.15, 0.2) is 18.6 Å². The first-order valence-electron chi connectivity index (χ1n) is 8.36. The molecule has 136 valence electrons. The summed E-state index contributed by atoms with van der Waals surface area (Å²) in [4.78, 5) is 17.9. The molecule has 25 heavy (non-hydrogen) atoms. The number of hydrogen-bond acceptors (Lipinski definition) is 6. The maximum atomic E-state index is 11.2. The van der Waals surface area contributed by atoms with Crippen molar-refractivity contribution >= 4 is 5.97 Å². The van der Waals surface area contributed by atoms with Crippen LogP contribution in [0.4, 0.5) is 0 Å². The molecule has 0 aliphatic carbocycles. The lowest BCUT2D eigenvalue weighted by Gasteiger charge is -2.16. The second-order valence-corrected chi connectivity index (χ2v) is 6.51. The first-order valence-corrected chi connectivity index (χ1v) is 8.36. The normalized spacial score (nSPS) is 21.0. The summed E-state index contributed by atoms with van der Waals surface area (Å²) in [7, 11) is 3.50. The summed E-state index contributed by atoms with van der Waals surface area (Å²) in [6.07, 6.45) is 5.74. The van der Waals surface area contributed by atoms with Crippen LogP contribution < -0.4 is 0 Å². The first-order chi connectivity index (χ1) is 12.1. The van der Waals surface area contributed by atoms with Gasteiger partial charge in [0, 0.05) is 58.3 Å². The molecule has 0 unspecified atom stereocenters. The Bertz CT molecular complexity index is 712. The van der Waals surface area contributed by atoms with Crippen LogP contribution in [0.3, 0.4) is 0 Å². The lowest BCUT2D eigenvalue weighted by atomic mass is 9.91. The van der Waals surface area contributed by atoms with Crippen molar-refractivity contribution < 1.29 is 14.6 Å². The van der Waals surface area contributed by atoms with Gasteiger partial charge in [0.1, 0.15) is 5.82 Å². The Morgan fingerprint density at radius 2 is 2.28 bits per heavy atom. The van der Waals surface area contributed by atoms with E-state index in [1.54, 1.807) is 18.0 Å². The van der Waals surface area contributed by atoms with Crippen LogP contribution >= 0.6 is 0 Å². The zero-order valence-corrected chi connectivity index (χ0v) is 14.6. The quantitative estimate of drug-likeness (QED) is 0.735. The van der Waals surface area contributed by atoms with Gasteiger partial charge >= 0.3 is 5.97 Å². The highest BCUT2D eigenvalue weighted by Crippen LogP contribution is 2.34. The number of imidazole rings is 1. The van der Waals surface area contributed by atoms with E-state index in [4.69, 9.17) is 4.74 Å². The van der Waals surface area contributed by atoms with Crippen molar-refractivity contribution in [3.63, 3.8) is 0 Å². The summed E-state index contributed by atoms with van der Waals surface area (Å²) < 4.78 is 8.87. The number of nitrogens with zero attached hydrogens (tertiary/aromatic N) is 6. The molecule has 0 aromatic carbocycles. The van der Waals surface area contributed by atoms with E-state index in [2.05, 4.69) is 24.8 Å². The Morgan fingerprint density at radius 3 is 2.96 bits per heavy atom. The topological polar surface area (TPSA) is 98.3 Å². The number of carboxylic acids is 1. The third kappa shape index (κ3) is 4.23. The van der Waals surface area contributed by atoms with Gasteiger partial charge in [0.25, 0.3) is 0 Å². The fourth-order valence-corrected chi connectivity index (χ4v) is 3.48. The highest BCUT2D eigenvalue weighted by molar-refractivity contribution is 5.67. The number of aryl methyl sites for hydroxylation is 1. The van der Waals surface area contributed by atoms with Crippen molar-refractivity contribution in [1.29, 1.82) is 0 Å². The number of carboxylic acid groups (broad SMARTS) is 1. The monoisotopic (exact) mass is 348 g/mol. The van der Waals surface area contributed by atoms with Gasteiger partial charge in [-0.15, -0.1) is 5.10 Å². The first kappa shape index (κ1) is 17.6. The Kier molecular flexibility index (Phi) is 5.44. The predicted molar refractivity (Wildman–Crippen MR) is 88.9 cm³/mol. The van der Waals surface area contributed by atoms with Crippen LogP contribution in [0.2, 0.25) is 0 Å². The van der Waals surface area contributed by atoms with E-state index in [0.717, 1.165) is 24.6 Å². The number of aromatic nitrogens is 5. The SMILES string of the molecule is COCCn1ccnc1CN1C[C@H](CC(=O)O)[C@H](c2cn(C)nn2)C1. The van der Waals surface area contributed by atoms with Crippen LogP contribution in [-0.4, -0.2) is 67.3 Å². The van der Waals surface area contributed by atoms with Gasteiger partial charge in [0.2, 0.25) is 0 Å². The minimum atomic E-state index is -0.776. The lowest BCUT2D eigenvalue weighted by molar-refractivity contribution is -0.138. The molecule has 0 spiro atoms. The molecule has 2 atom stereocenters. The van der Waals surface area contributed by atoms with Crippen LogP contribution in [0, 0.1) is 5.92 Å². The average molecular weight is 348 g/mol. The molecular weight excluding hydrogens is 324 g/mol. The predicted octanol–water partition coefficient (Wildman–Crippen LogP) is 0.348. The van der Waals surface area contributed by atoms with E-state index in [0.29, 0.717) is 19.7 Å². The van der Waals surface area contributed by atoms with Crippen LogP contribution in [-0.2, 0) is 29.7 Å². The second kappa shape index (κ2) is 7.75. The number of aliphatic carboxylic acids is 1. The van der Waals surface area contributed by atoms with Gasteiger partial charge in [0.05, 0.1) is 25.3 Å². The third-order valence-corrected chi connectivity index (χ3v) is 4.66. The molecule has 1 N–H and O–H groups in total. The van der Waals surface area contributed by atoms with Crippen LogP contribution in [0.5, 0.6) is 0 Å². The van der Waals surface area contributed by atoms with E-state index >= 15 is 0 Å². The third-order valence-electron chi connectivity index (χ3n) is 4.66. The second-order valence-electron chi connectivity index (χ2n) is 6.51. The molecule has 0 saturated carbocycles.